The highest BCUT2D eigenvalue weighted by Crippen LogP contribution is 2.37. The Balaban J connectivity index is 1.57. The summed E-state index contributed by atoms with van der Waals surface area (Å²) in [6.07, 6.45) is -0.465. The molecule has 3 rings (SSSR count). The Hall–Kier alpha value is -2.82. The molecule has 0 saturated heterocycles. The molecule has 5 nitrogen and oxygen atoms in total. The van der Waals surface area contributed by atoms with Crippen LogP contribution in [0.15, 0.2) is 48.5 Å². The van der Waals surface area contributed by atoms with Crippen LogP contribution in [0.1, 0.15) is 30.5 Å². The van der Waals surface area contributed by atoms with Crippen LogP contribution < -0.4 is 10.6 Å². The van der Waals surface area contributed by atoms with E-state index in [0.717, 1.165) is 22.4 Å². The highest BCUT2D eigenvalue weighted by atomic mass is 16.5. The highest BCUT2D eigenvalue weighted by Gasteiger charge is 2.38. The largest absolute Gasteiger partial charge is 0.445 e. The molecule has 124 valence electrons. The second-order valence-electron chi connectivity index (χ2n) is 6.37. The van der Waals surface area contributed by atoms with Crippen molar-refractivity contribution in [2.24, 2.45) is 0 Å². The van der Waals surface area contributed by atoms with Crippen molar-refractivity contribution in [3.05, 3.63) is 65.2 Å². The Kier molecular flexibility index (Phi) is 4.25. The second-order valence-corrected chi connectivity index (χ2v) is 6.37. The zero-order valence-electron chi connectivity index (χ0n) is 13.8. The molecule has 0 spiro atoms. The number of rotatable bonds is 4. The molecule has 2 amide bonds. The number of ether oxygens (including phenoxy) is 1. The number of anilines is 1. The molecule has 5 heteroatoms. The Morgan fingerprint density at radius 1 is 1.12 bits per heavy atom. The van der Waals surface area contributed by atoms with Gasteiger partial charge >= 0.3 is 6.09 Å². The van der Waals surface area contributed by atoms with Crippen LogP contribution in [-0.4, -0.2) is 12.0 Å². The number of nitrogens with one attached hydrogen (secondary N) is 2. The lowest BCUT2D eigenvalue weighted by Crippen LogP contribution is -2.27. The van der Waals surface area contributed by atoms with E-state index in [1.807, 2.05) is 62.4 Å². The number of fused-ring (bicyclic) bond motifs is 1. The molecule has 2 aromatic carbocycles. The zero-order valence-corrected chi connectivity index (χ0v) is 13.8. The molecular weight excluding hydrogens is 304 g/mol. The predicted octanol–water partition coefficient (Wildman–Crippen LogP) is 3.34. The van der Waals surface area contributed by atoms with Gasteiger partial charge in [-0.2, -0.15) is 0 Å². The van der Waals surface area contributed by atoms with Crippen molar-refractivity contribution in [2.45, 2.75) is 32.4 Å². The van der Waals surface area contributed by atoms with Gasteiger partial charge in [0.25, 0.3) is 0 Å². The van der Waals surface area contributed by atoms with Crippen LogP contribution in [0, 0.1) is 0 Å². The van der Waals surface area contributed by atoms with Gasteiger partial charge in [-0.1, -0.05) is 42.5 Å². The third-order valence-electron chi connectivity index (χ3n) is 4.22. The van der Waals surface area contributed by atoms with Gasteiger partial charge in [0, 0.05) is 12.2 Å². The Morgan fingerprint density at radius 3 is 2.62 bits per heavy atom. The summed E-state index contributed by atoms with van der Waals surface area (Å²) in [4.78, 5) is 23.8. The molecule has 1 aliphatic rings. The number of hydrogen-bond acceptors (Lipinski definition) is 3. The van der Waals surface area contributed by atoms with E-state index in [4.69, 9.17) is 4.74 Å². The predicted molar refractivity (Wildman–Crippen MR) is 91.6 cm³/mol. The first-order valence-electron chi connectivity index (χ1n) is 7.86. The summed E-state index contributed by atoms with van der Waals surface area (Å²) < 4.78 is 5.18. The van der Waals surface area contributed by atoms with E-state index in [1.54, 1.807) is 0 Å². The summed E-state index contributed by atoms with van der Waals surface area (Å²) in [5.74, 6) is -0.00937. The van der Waals surface area contributed by atoms with Crippen molar-refractivity contribution < 1.29 is 14.3 Å². The number of carbonyl (C=O) groups excluding carboxylic acids is 2. The standard InChI is InChI=1S/C19H20N2O3/c1-19(2)15-10-14(8-9-16(15)21-17(19)22)11-20-18(23)24-12-13-6-4-3-5-7-13/h3-10H,11-12H2,1-2H3,(H,20,23)(H,21,22). The van der Waals surface area contributed by atoms with E-state index >= 15 is 0 Å². The maximum atomic E-state index is 11.9. The molecule has 0 aliphatic carbocycles. The third-order valence-corrected chi connectivity index (χ3v) is 4.22. The number of hydrogen-bond donors (Lipinski definition) is 2. The molecule has 2 N–H and O–H groups in total. The van der Waals surface area contributed by atoms with Crippen molar-refractivity contribution in [1.82, 2.24) is 5.32 Å². The lowest BCUT2D eigenvalue weighted by atomic mass is 9.85. The molecule has 0 bridgehead atoms. The molecule has 0 fully saturated rings. The number of amides is 2. The van der Waals surface area contributed by atoms with E-state index in [0.29, 0.717) is 6.54 Å². The highest BCUT2D eigenvalue weighted by molar-refractivity contribution is 6.05. The molecular formula is C19H20N2O3. The van der Waals surface area contributed by atoms with Crippen LogP contribution in [0.2, 0.25) is 0 Å². The first-order valence-corrected chi connectivity index (χ1v) is 7.86. The normalized spacial score (nSPS) is 14.7. The number of benzene rings is 2. The monoisotopic (exact) mass is 324 g/mol. The van der Waals surface area contributed by atoms with E-state index in [2.05, 4.69) is 10.6 Å². The summed E-state index contributed by atoms with van der Waals surface area (Å²) in [6, 6.07) is 15.2. The first kappa shape index (κ1) is 16.1. The summed E-state index contributed by atoms with van der Waals surface area (Å²) in [5.41, 5.74) is 3.09. The topological polar surface area (TPSA) is 67.4 Å². The van der Waals surface area contributed by atoms with Crippen LogP contribution in [0.4, 0.5) is 10.5 Å². The van der Waals surface area contributed by atoms with Gasteiger partial charge < -0.3 is 15.4 Å². The van der Waals surface area contributed by atoms with Crippen molar-refractivity contribution >= 4 is 17.7 Å². The molecule has 0 unspecified atom stereocenters. The van der Waals surface area contributed by atoms with Gasteiger partial charge in [-0.3, -0.25) is 4.79 Å². The minimum absolute atomic E-state index is 0.00937. The first-order chi connectivity index (χ1) is 11.5. The van der Waals surface area contributed by atoms with Crippen LogP contribution >= 0.6 is 0 Å². The van der Waals surface area contributed by atoms with E-state index in [-0.39, 0.29) is 12.5 Å². The van der Waals surface area contributed by atoms with Gasteiger partial charge in [0.15, 0.2) is 0 Å². The molecule has 0 aromatic heterocycles. The second kappa shape index (κ2) is 6.35. The van der Waals surface area contributed by atoms with Crippen molar-refractivity contribution in [2.75, 3.05) is 5.32 Å². The fraction of sp³-hybridized carbons (Fsp3) is 0.263. The lowest BCUT2D eigenvalue weighted by Gasteiger charge is -2.16. The Morgan fingerprint density at radius 2 is 1.88 bits per heavy atom. The molecule has 1 heterocycles. The van der Waals surface area contributed by atoms with Crippen molar-refractivity contribution in [1.29, 1.82) is 0 Å². The van der Waals surface area contributed by atoms with Crippen LogP contribution in [0.5, 0.6) is 0 Å². The van der Waals surface area contributed by atoms with Gasteiger partial charge in [0.2, 0.25) is 5.91 Å². The molecule has 2 aromatic rings. The summed E-state index contributed by atoms with van der Waals surface area (Å²) in [7, 11) is 0. The lowest BCUT2D eigenvalue weighted by molar-refractivity contribution is -0.119. The van der Waals surface area contributed by atoms with E-state index in [9.17, 15) is 9.59 Å². The molecule has 0 atom stereocenters. The van der Waals surface area contributed by atoms with E-state index in [1.165, 1.54) is 0 Å². The van der Waals surface area contributed by atoms with E-state index < -0.39 is 11.5 Å². The fourth-order valence-electron chi connectivity index (χ4n) is 2.68. The molecule has 1 aliphatic heterocycles. The summed E-state index contributed by atoms with van der Waals surface area (Å²) in [6.45, 7) is 4.37. The zero-order chi connectivity index (χ0) is 17.2. The quantitative estimate of drug-likeness (QED) is 0.906. The molecule has 0 radical (unpaired) electrons. The number of alkyl carbamates (subject to hydrolysis) is 1. The third kappa shape index (κ3) is 3.25. The minimum atomic E-state index is -0.556. The Labute approximate surface area is 141 Å². The number of carbonyl (C=O) groups is 2. The average Bonchev–Trinajstić information content (AvgIpc) is 2.81. The van der Waals surface area contributed by atoms with Gasteiger partial charge in [-0.25, -0.2) is 4.79 Å². The van der Waals surface area contributed by atoms with Crippen molar-refractivity contribution in [3.8, 4) is 0 Å². The molecule has 0 saturated carbocycles. The fourth-order valence-corrected chi connectivity index (χ4v) is 2.68. The molecule has 24 heavy (non-hydrogen) atoms. The van der Waals surface area contributed by atoms with Gasteiger partial charge in [0.1, 0.15) is 6.61 Å². The van der Waals surface area contributed by atoms with Crippen molar-refractivity contribution in [3.63, 3.8) is 0 Å². The summed E-state index contributed by atoms with van der Waals surface area (Å²) >= 11 is 0. The SMILES string of the molecule is CC1(C)C(=O)Nc2ccc(CNC(=O)OCc3ccccc3)cc21. The van der Waals surface area contributed by atoms with Gasteiger partial charge in [-0.05, 0) is 36.6 Å². The maximum absolute atomic E-state index is 11.9. The van der Waals surface area contributed by atoms with Crippen LogP contribution in [-0.2, 0) is 28.1 Å². The van der Waals surface area contributed by atoms with Crippen LogP contribution in [0.25, 0.3) is 0 Å². The van der Waals surface area contributed by atoms with Gasteiger partial charge in [0.05, 0.1) is 5.41 Å². The maximum Gasteiger partial charge on any atom is 0.407 e. The summed E-state index contributed by atoms with van der Waals surface area (Å²) in [5, 5.41) is 5.60. The van der Waals surface area contributed by atoms with Gasteiger partial charge in [-0.15, -0.1) is 0 Å². The Bertz CT molecular complexity index is 769. The smallest absolute Gasteiger partial charge is 0.407 e. The van der Waals surface area contributed by atoms with Crippen LogP contribution in [0.3, 0.4) is 0 Å². The average molecular weight is 324 g/mol. The minimum Gasteiger partial charge on any atom is -0.445 e.